The molecular weight excluding hydrogens is 272 g/mol. The van der Waals surface area contributed by atoms with Crippen LogP contribution in [0.1, 0.15) is 44.0 Å². The lowest BCUT2D eigenvalue weighted by Gasteiger charge is -2.20. The number of hydrogen-bond donors (Lipinski definition) is 1. The smallest absolute Gasteiger partial charge is 0.300 e. The van der Waals surface area contributed by atoms with Gasteiger partial charge in [-0.05, 0) is 20.3 Å². The van der Waals surface area contributed by atoms with Gasteiger partial charge in [-0.15, -0.1) is 0 Å². The Bertz CT molecular complexity index is 505. The maximum Gasteiger partial charge on any atom is 0.300 e. The van der Waals surface area contributed by atoms with Crippen LogP contribution in [0, 0.1) is 10.1 Å². The number of carbonyl (C=O) groups excluding carboxylic acids is 1. The van der Waals surface area contributed by atoms with Gasteiger partial charge >= 0.3 is 0 Å². The number of unbranched alkanes of at least 4 members (excludes halogenated alkanes) is 1. The average molecular weight is 294 g/mol. The largest absolute Gasteiger partial charge is 0.370 e. The predicted octanol–water partition coefficient (Wildman–Crippen LogP) is 2.68. The SMILES string of the molecule is CCCCN(CC)C(=O)c1cc(NCC)ncc1[N+](=O)[O-]. The number of pyridine rings is 1. The summed E-state index contributed by atoms with van der Waals surface area (Å²) < 4.78 is 0. The van der Waals surface area contributed by atoms with Crippen LogP contribution in [0.4, 0.5) is 11.5 Å². The molecule has 0 radical (unpaired) electrons. The molecule has 1 aromatic heterocycles. The van der Waals surface area contributed by atoms with Crippen molar-refractivity contribution in [2.45, 2.75) is 33.6 Å². The first-order valence-corrected chi connectivity index (χ1v) is 7.22. The van der Waals surface area contributed by atoms with Crippen molar-refractivity contribution >= 4 is 17.4 Å². The fraction of sp³-hybridized carbons (Fsp3) is 0.571. The summed E-state index contributed by atoms with van der Waals surface area (Å²) in [6, 6.07) is 1.46. The molecule has 0 saturated carbocycles. The molecule has 21 heavy (non-hydrogen) atoms. The van der Waals surface area contributed by atoms with Gasteiger partial charge in [0.1, 0.15) is 17.6 Å². The lowest BCUT2D eigenvalue weighted by Crippen LogP contribution is -2.32. The van der Waals surface area contributed by atoms with Gasteiger partial charge in [0.05, 0.1) is 4.92 Å². The second-order valence-corrected chi connectivity index (χ2v) is 4.61. The number of carbonyl (C=O) groups is 1. The molecule has 0 unspecified atom stereocenters. The highest BCUT2D eigenvalue weighted by Gasteiger charge is 2.25. The Morgan fingerprint density at radius 3 is 2.67 bits per heavy atom. The molecule has 0 aromatic carbocycles. The molecule has 0 aliphatic carbocycles. The standard InChI is InChI=1S/C14H22N4O3/c1-4-7-8-17(6-3)14(19)11-9-13(15-5-2)16-10-12(11)18(20)21/h9-10H,4-8H2,1-3H3,(H,15,16). The minimum atomic E-state index is -0.566. The van der Waals surface area contributed by atoms with Crippen LogP contribution >= 0.6 is 0 Å². The third kappa shape index (κ3) is 4.40. The maximum atomic E-state index is 12.5. The number of amides is 1. The van der Waals surface area contributed by atoms with E-state index in [-0.39, 0.29) is 17.2 Å². The lowest BCUT2D eigenvalue weighted by atomic mass is 10.1. The van der Waals surface area contributed by atoms with Crippen molar-refractivity contribution in [3.63, 3.8) is 0 Å². The minimum absolute atomic E-state index is 0.0869. The predicted molar refractivity (Wildman–Crippen MR) is 81.5 cm³/mol. The molecule has 7 heteroatoms. The summed E-state index contributed by atoms with van der Waals surface area (Å²) in [5.41, 5.74) is -0.166. The molecule has 1 rings (SSSR count). The summed E-state index contributed by atoms with van der Waals surface area (Å²) in [7, 11) is 0. The van der Waals surface area contributed by atoms with Gasteiger partial charge in [-0.3, -0.25) is 14.9 Å². The van der Waals surface area contributed by atoms with Crippen molar-refractivity contribution in [2.75, 3.05) is 25.0 Å². The van der Waals surface area contributed by atoms with Crippen molar-refractivity contribution in [2.24, 2.45) is 0 Å². The molecule has 1 aromatic rings. The summed E-state index contributed by atoms with van der Waals surface area (Å²) in [6.07, 6.45) is 2.97. The third-order valence-electron chi connectivity index (χ3n) is 3.12. The summed E-state index contributed by atoms with van der Waals surface area (Å²) in [4.78, 5) is 28.6. The van der Waals surface area contributed by atoms with Crippen LogP contribution in [0.3, 0.4) is 0 Å². The summed E-state index contributed by atoms with van der Waals surface area (Å²) in [5, 5.41) is 14.1. The van der Waals surface area contributed by atoms with Crippen LogP contribution < -0.4 is 5.32 Å². The van der Waals surface area contributed by atoms with E-state index >= 15 is 0 Å². The van der Waals surface area contributed by atoms with E-state index in [0.29, 0.717) is 25.5 Å². The first-order valence-electron chi connectivity index (χ1n) is 7.22. The summed E-state index contributed by atoms with van der Waals surface area (Å²) >= 11 is 0. The van der Waals surface area contributed by atoms with E-state index < -0.39 is 4.92 Å². The number of nitrogens with zero attached hydrogens (tertiary/aromatic N) is 3. The van der Waals surface area contributed by atoms with Crippen molar-refractivity contribution < 1.29 is 9.72 Å². The highest BCUT2D eigenvalue weighted by molar-refractivity contribution is 5.98. The van der Waals surface area contributed by atoms with E-state index in [2.05, 4.69) is 10.3 Å². The molecule has 0 saturated heterocycles. The number of nitro groups is 1. The van der Waals surface area contributed by atoms with Crippen molar-refractivity contribution in [1.29, 1.82) is 0 Å². The van der Waals surface area contributed by atoms with Crippen LogP contribution in [0.5, 0.6) is 0 Å². The molecule has 7 nitrogen and oxygen atoms in total. The Morgan fingerprint density at radius 2 is 2.14 bits per heavy atom. The van der Waals surface area contributed by atoms with E-state index in [1.807, 2.05) is 20.8 Å². The van der Waals surface area contributed by atoms with Crippen LogP contribution in [0.15, 0.2) is 12.3 Å². The second-order valence-electron chi connectivity index (χ2n) is 4.61. The molecule has 0 spiro atoms. The van der Waals surface area contributed by atoms with E-state index in [1.54, 1.807) is 4.90 Å². The number of hydrogen-bond acceptors (Lipinski definition) is 5. The van der Waals surface area contributed by atoms with Gasteiger partial charge in [-0.1, -0.05) is 13.3 Å². The molecule has 1 heterocycles. The zero-order chi connectivity index (χ0) is 15.8. The van der Waals surface area contributed by atoms with Crippen molar-refractivity contribution in [1.82, 2.24) is 9.88 Å². The highest BCUT2D eigenvalue weighted by atomic mass is 16.6. The molecule has 0 fully saturated rings. The monoisotopic (exact) mass is 294 g/mol. The quantitative estimate of drug-likeness (QED) is 0.588. The molecule has 0 bridgehead atoms. The van der Waals surface area contributed by atoms with Crippen LogP contribution in [0.25, 0.3) is 0 Å². The Kier molecular flexibility index (Phi) is 6.58. The maximum absolute atomic E-state index is 12.5. The van der Waals surface area contributed by atoms with E-state index in [4.69, 9.17) is 0 Å². The van der Waals surface area contributed by atoms with Crippen LogP contribution in [-0.4, -0.2) is 40.3 Å². The fourth-order valence-corrected chi connectivity index (χ4v) is 1.97. The van der Waals surface area contributed by atoms with Gasteiger partial charge in [0.2, 0.25) is 0 Å². The molecule has 1 amide bonds. The van der Waals surface area contributed by atoms with Crippen molar-refractivity contribution in [3.8, 4) is 0 Å². The number of rotatable bonds is 8. The second kappa shape index (κ2) is 8.18. The van der Waals surface area contributed by atoms with Gasteiger partial charge in [-0.2, -0.15) is 0 Å². The minimum Gasteiger partial charge on any atom is -0.370 e. The van der Waals surface area contributed by atoms with Gasteiger partial charge in [0.25, 0.3) is 11.6 Å². The first-order chi connectivity index (χ1) is 10.0. The molecule has 0 aliphatic heterocycles. The van der Waals surface area contributed by atoms with Crippen molar-refractivity contribution in [3.05, 3.63) is 27.9 Å². The zero-order valence-electron chi connectivity index (χ0n) is 12.8. The Balaban J connectivity index is 3.13. The fourth-order valence-electron chi connectivity index (χ4n) is 1.97. The molecule has 0 atom stereocenters. The average Bonchev–Trinajstić information content (AvgIpc) is 2.47. The summed E-state index contributed by atoms with van der Waals surface area (Å²) in [5.74, 6) is 0.150. The van der Waals surface area contributed by atoms with E-state index in [1.165, 1.54) is 6.07 Å². The van der Waals surface area contributed by atoms with Gasteiger partial charge in [0, 0.05) is 25.7 Å². The van der Waals surface area contributed by atoms with Gasteiger partial charge in [-0.25, -0.2) is 4.98 Å². The molecule has 0 aliphatic rings. The first kappa shape index (κ1) is 16.9. The Morgan fingerprint density at radius 1 is 1.43 bits per heavy atom. The third-order valence-corrected chi connectivity index (χ3v) is 3.12. The normalized spacial score (nSPS) is 10.2. The lowest BCUT2D eigenvalue weighted by molar-refractivity contribution is -0.385. The highest BCUT2D eigenvalue weighted by Crippen LogP contribution is 2.22. The van der Waals surface area contributed by atoms with Crippen LogP contribution in [-0.2, 0) is 0 Å². The molecule has 1 N–H and O–H groups in total. The van der Waals surface area contributed by atoms with E-state index in [0.717, 1.165) is 19.0 Å². The Hall–Kier alpha value is -2.18. The van der Waals surface area contributed by atoms with Crippen LogP contribution in [0.2, 0.25) is 0 Å². The topological polar surface area (TPSA) is 88.4 Å². The number of aromatic nitrogens is 1. The van der Waals surface area contributed by atoms with Gasteiger partial charge < -0.3 is 10.2 Å². The Labute approximate surface area is 124 Å². The summed E-state index contributed by atoms with van der Waals surface area (Å²) in [6.45, 7) is 7.55. The molecule has 116 valence electrons. The van der Waals surface area contributed by atoms with Gasteiger partial charge in [0.15, 0.2) is 0 Å². The zero-order valence-corrected chi connectivity index (χ0v) is 12.8. The van der Waals surface area contributed by atoms with E-state index in [9.17, 15) is 14.9 Å². The molecular formula is C14H22N4O3. The number of nitrogens with one attached hydrogen (secondary N) is 1. The number of anilines is 1.